The van der Waals surface area contributed by atoms with E-state index >= 15 is 0 Å². The van der Waals surface area contributed by atoms with E-state index in [4.69, 9.17) is 0 Å². The summed E-state index contributed by atoms with van der Waals surface area (Å²) in [6, 6.07) is 15.2. The number of hydrogen-bond donors (Lipinski definition) is 3. The molecule has 0 radical (unpaired) electrons. The molecule has 2 aromatic rings. The Morgan fingerprint density at radius 2 is 1.65 bits per heavy atom. The van der Waals surface area contributed by atoms with E-state index in [1.165, 1.54) is 0 Å². The van der Waals surface area contributed by atoms with Gasteiger partial charge in [-0.05, 0) is 42.7 Å². The van der Waals surface area contributed by atoms with Gasteiger partial charge in [-0.2, -0.15) is 0 Å². The largest absolute Gasteiger partial charge is 0.394 e. The highest BCUT2D eigenvalue weighted by molar-refractivity contribution is 5.95. The number of benzene rings is 2. The topological polar surface area (TPSA) is 81.7 Å². The van der Waals surface area contributed by atoms with Gasteiger partial charge in [0.05, 0.1) is 12.6 Å². The van der Waals surface area contributed by atoms with Gasteiger partial charge in [-0.15, -0.1) is 0 Å². The van der Waals surface area contributed by atoms with Crippen LogP contribution in [0.4, 0.5) is 10.5 Å². The van der Waals surface area contributed by atoms with Gasteiger partial charge < -0.3 is 20.6 Å². The molecule has 136 valence electrons. The van der Waals surface area contributed by atoms with Crippen LogP contribution in [0, 0.1) is 0 Å². The normalized spacial score (nSPS) is 14.7. The van der Waals surface area contributed by atoms with Crippen LogP contribution in [0.25, 0.3) is 0 Å². The van der Waals surface area contributed by atoms with Crippen molar-refractivity contribution in [3.8, 4) is 0 Å². The van der Waals surface area contributed by atoms with E-state index < -0.39 is 12.1 Å². The first-order valence-electron chi connectivity index (χ1n) is 8.80. The highest BCUT2D eigenvalue weighted by Crippen LogP contribution is 2.16. The van der Waals surface area contributed by atoms with Crippen molar-refractivity contribution < 1.29 is 14.7 Å². The van der Waals surface area contributed by atoms with Crippen molar-refractivity contribution in [3.05, 3.63) is 65.7 Å². The smallest absolute Gasteiger partial charge is 0.319 e. The first-order chi connectivity index (χ1) is 12.7. The maximum atomic E-state index is 12.3. The van der Waals surface area contributed by atoms with E-state index in [0.29, 0.717) is 11.3 Å². The number of nitrogens with zero attached hydrogens (tertiary/aromatic N) is 1. The third kappa shape index (κ3) is 4.40. The molecule has 2 aromatic carbocycles. The minimum atomic E-state index is -0.479. The molecule has 3 amide bonds. The fourth-order valence-electron chi connectivity index (χ4n) is 3.04. The molecule has 0 saturated carbocycles. The molecule has 1 aliphatic heterocycles. The summed E-state index contributed by atoms with van der Waals surface area (Å²) in [4.78, 5) is 26.3. The van der Waals surface area contributed by atoms with Gasteiger partial charge in [-0.3, -0.25) is 4.79 Å². The predicted octanol–water partition coefficient (Wildman–Crippen LogP) is 2.78. The van der Waals surface area contributed by atoms with E-state index in [0.717, 1.165) is 31.5 Å². The number of hydrogen-bond acceptors (Lipinski definition) is 3. The molecule has 1 heterocycles. The second-order valence-corrected chi connectivity index (χ2v) is 6.32. The predicted molar refractivity (Wildman–Crippen MR) is 100 cm³/mol. The molecule has 26 heavy (non-hydrogen) atoms. The van der Waals surface area contributed by atoms with Crippen LogP contribution in [0.5, 0.6) is 0 Å². The number of likely N-dealkylation sites (tertiary alicyclic amines) is 1. The van der Waals surface area contributed by atoms with Crippen LogP contribution in [0.3, 0.4) is 0 Å². The van der Waals surface area contributed by atoms with Crippen LogP contribution in [0.2, 0.25) is 0 Å². The van der Waals surface area contributed by atoms with Gasteiger partial charge in [0.25, 0.3) is 5.91 Å². The van der Waals surface area contributed by atoms with Crippen LogP contribution in [-0.4, -0.2) is 41.6 Å². The quantitative estimate of drug-likeness (QED) is 0.773. The highest BCUT2D eigenvalue weighted by atomic mass is 16.3. The van der Waals surface area contributed by atoms with Crippen LogP contribution >= 0.6 is 0 Å². The summed E-state index contributed by atoms with van der Waals surface area (Å²) in [7, 11) is 0. The lowest BCUT2D eigenvalue weighted by molar-refractivity contribution is 0.0793. The van der Waals surface area contributed by atoms with Gasteiger partial charge in [0.15, 0.2) is 0 Å². The molecular formula is C20H23N3O3. The Labute approximate surface area is 152 Å². The molecule has 0 spiro atoms. The van der Waals surface area contributed by atoms with E-state index in [9.17, 15) is 14.7 Å². The average Bonchev–Trinajstić information content (AvgIpc) is 3.21. The van der Waals surface area contributed by atoms with Crippen LogP contribution < -0.4 is 10.6 Å². The Morgan fingerprint density at radius 1 is 1.00 bits per heavy atom. The molecule has 3 N–H and O–H groups in total. The molecule has 1 fully saturated rings. The van der Waals surface area contributed by atoms with Gasteiger partial charge in [-0.1, -0.05) is 30.3 Å². The molecule has 6 heteroatoms. The van der Waals surface area contributed by atoms with Crippen LogP contribution in [-0.2, 0) is 0 Å². The number of rotatable bonds is 5. The lowest BCUT2D eigenvalue weighted by Crippen LogP contribution is -2.34. The Bertz CT molecular complexity index is 741. The van der Waals surface area contributed by atoms with E-state index in [1.807, 2.05) is 35.2 Å². The van der Waals surface area contributed by atoms with E-state index in [1.54, 1.807) is 24.3 Å². The summed E-state index contributed by atoms with van der Waals surface area (Å²) in [6.45, 7) is 1.42. The third-order valence-corrected chi connectivity index (χ3v) is 4.47. The van der Waals surface area contributed by atoms with Crippen molar-refractivity contribution in [1.29, 1.82) is 0 Å². The second kappa shape index (κ2) is 8.49. The molecule has 6 nitrogen and oxygen atoms in total. The zero-order chi connectivity index (χ0) is 18.4. The van der Waals surface area contributed by atoms with Crippen molar-refractivity contribution in [1.82, 2.24) is 10.2 Å². The monoisotopic (exact) mass is 353 g/mol. The number of amides is 3. The molecule has 0 aromatic heterocycles. The zero-order valence-corrected chi connectivity index (χ0v) is 14.5. The molecule has 1 atom stereocenters. The van der Waals surface area contributed by atoms with Crippen molar-refractivity contribution in [2.45, 2.75) is 18.9 Å². The van der Waals surface area contributed by atoms with Gasteiger partial charge in [0.2, 0.25) is 0 Å². The summed E-state index contributed by atoms with van der Waals surface area (Å²) < 4.78 is 0. The summed E-state index contributed by atoms with van der Waals surface area (Å²) in [6.07, 6.45) is 2.11. The zero-order valence-electron chi connectivity index (χ0n) is 14.5. The first kappa shape index (κ1) is 17.9. The molecule has 0 aliphatic carbocycles. The molecule has 1 aliphatic rings. The van der Waals surface area contributed by atoms with Gasteiger partial charge >= 0.3 is 6.03 Å². The number of carbonyl (C=O) groups excluding carboxylic acids is 2. The Morgan fingerprint density at radius 3 is 2.27 bits per heavy atom. The van der Waals surface area contributed by atoms with Gasteiger partial charge in [0, 0.05) is 24.3 Å². The van der Waals surface area contributed by atoms with Crippen molar-refractivity contribution in [2.75, 3.05) is 25.0 Å². The van der Waals surface area contributed by atoms with Crippen LogP contribution in [0.1, 0.15) is 34.8 Å². The number of aliphatic hydroxyl groups is 1. The summed E-state index contributed by atoms with van der Waals surface area (Å²) >= 11 is 0. The Hall–Kier alpha value is -2.86. The average molecular weight is 353 g/mol. The van der Waals surface area contributed by atoms with E-state index in [2.05, 4.69) is 10.6 Å². The second-order valence-electron chi connectivity index (χ2n) is 6.32. The fourth-order valence-corrected chi connectivity index (χ4v) is 3.04. The minimum Gasteiger partial charge on any atom is -0.394 e. The van der Waals surface area contributed by atoms with Crippen molar-refractivity contribution >= 4 is 17.6 Å². The molecule has 0 unspecified atom stereocenters. The first-order valence-corrected chi connectivity index (χ1v) is 8.80. The third-order valence-electron chi connectivity index (χ3n) is 4.47. The lowest BCUT2D eigenvalue weighted by atomic mass is 10.1. The lowest BCUT2D eigenvalue weighted by Gasteiger charge is -2.18. The number of anilines is 1. The minimum absolute atomic E-state index is 0.0305. The fraction of sp³-hybridized carbons (Fsp3) is 0.300. The SMILES string of the molecule is O=C(Nc1ccc(C(=O)N2CCCC2)cc1)N[C@H](CO)c1ccccc1. The van der Waals surface area contributed by atoms with Gasteiger partial charge in [-0.25, -0.2) is 4.79 Å². The van der Waals surface area contributed by atoms with E-state index in [-0.39, 0.29) is 12.5 Å². The molecule has 3 rings (SSSR count). The number of nitrogens with one attached hydrogen (secondary N) is 2. The maximum absolute atomic E-state index is 12.3. The number of carbonyl (C=O) groups is 2. The molecule has 1 saturated heterocycles. The standard InChI is InChI=1S/C20H23N3O3/c24-14-18(15-6-2-1-3-7-15)22-20(26)21-17-10-8-16(9-11-17)19(25)23-12-4-5-13-23/h1-3,6-11,18,24H,4-5,12-14H2,(H2,21,22,26)/t18-/m1/s1. The number of urea groups is 1. The van der Waals surface area contributed by atoms with Crippen LogP contribution in [0.15, 0.2) is 54.6 Å². The summed E-state index contributed by atoms with van der Waals surface area (Å²) in [5, 5.41) is 15.0. The highest BCUT2D eigenvalue weighted by Gasteiger charge is 2.19. The molecule has 0 bridgehead atoms. The number of aliphatic hydroxyl groups excluding tert-OH is 1. The summed E-state index contributed by atoms with van der Waals surface area (Å²) in [5.41, 5.74) is 2.04. The Kier molecular flexibility index (Phi) is 5.86. The van der Waals surface area contributed by atoms with Crippen molar-refractivity contribution in [2.24, 2.45) is 0 Å². The molecular weight excluding hydrogens is 330 g/mol. The van der Waals surface area contributed by atoms with Crippen molar-refractivity contribution in [3.63, 3.8) is 0 Å². The van der Waals surface area contributed by atoms with Gasteiger partial charge in [0.1, 0.15) is 0 Å². The maximum Gasteiger partial charge on any atom is 0.319 e. The summed E-state index contributed by atoms with van der Waals surface area (Å²) in [5.74, 6) is 0.0305. The Balaban J connectivity index is 1.58.